The highest BCUT2D eigenvalue weighted by atomic mass is 19.1. The molecule has 24 heavy (non-hydrogen) atoms. The minimum Gasteiger partial charge on any atom is -0.321 e. The first kappa shape index (κ1) is 15.9. The number of benzene rings is 2. The van der Waals surface area contributed by atoms with Gasteiger partial charge in [-0.1, -0.05) is 11.3 Å². The maximum Gasteiger partial charge on any atom is 0.278 e. The van der Waals surface area contributed by atoms with Crippen LogP contribution in [0.1, 0.15) is 27.3 Å². The van der Waals surface area contributed by atoms with Gasteiger partial charge >= 0.3 is 0 Å². The van der Waals surface area contributed by atoms with Crippen molar-refractivity contribution in [2.45, 2.75) is 20.8 Å². The second kappa shape index (κ2) is 6.23. The fourth-order valence-electron chi connectivity index (χ4n) is 2.58. The van der Waals surface area contributed by atoms with E-state index in [0.717, 1.165) is 16.8 Å². The second-order valence-electron chi connectivity index (χ2n) is 5.74. The summed E-state index contributed by atoms with van der Waals surface area (Å²) in [6.07, 6.45) is 0. The lowest BCUT2D eigenvalue weighted by atomic mass is 10.1. The molecule has 6 heteroatoms. The van der Waals surface area contributed by atoms with E-state index in [9.17, 15) is 9.18 Å². The fourth-order valence-corrected chi connectivity index (χ4v) is 2.58. The SMILES string of the molecule is Cc1cc(C)cc(-n2nnc(C(=O)Nc3ccc(F)cc3)c2C)c1. The molecule has 3 aromatic rings. The summed E-state index contributed by atoms with van der Waals surface area (Å²) >= 11 is 0. The summed E-state index contributed by atoms with van der Waals surface area (Å²) in [4.78, 5) is 12.4. The molecule has 0 aliphatic heterocycles. The Morgan fingerprint density at radius 1 is 1.04 bits per heavy atom. The molecule has 0 fully saturated rings. The number of aryl methyl sites for hydroxylation is 2. The van der Waals surface area contributed by atoms with Crippen molar-refractivity contribution in [1.29, 1.82) is 0 Å². The smallest absolute Gasteiger partial charge is 0.278 e. The average Bonchev–Trinajstić information content (AvgIpc) is 2.90. The fraction of sp³-hybridized carbons (Fsp3) is 0.167. The van der Waals surface area contributed by atoms with Crippen LogP contribution < -0.4 is 5.32 Å². The van der Waals surface area contributed by atoms with Crippen LogP contribution in [0.2, 0.25) is 0 Å². The zero-order valence-electron chi connectivity index (χ0n) is 13.7. The van der Waals surface area contributed by atoms with Gasteiger partial charge in [-0.3, -0.25) is 4.79 Å². The third-order valence-electron chi connectivity index (χ3n) is 3.66. The van der Waals surface area contributed by atoms with Crippen molar-refractivity contribution < 1.29 is 9.18 Å². The van der Waals surface area contributed by atoms with E-state index < -0.39 is 0 Å². The van der Waals surface area contributed by atoms with Crippen LogP contribution in [0.3, 0.4) is 0 Å². The van der Waals surface area contributed by atoms with Crippen molar-refractivity contribution in [1.82, 2.24) is 15.0 Å². The van der Waals surface area contributed by atoms with Crippen molar-refractivity contribution in [2.24, 2.45) is 0 Å². The van der Waals surface area contributed by atoms with Gasteiger partial charge in [0.1, 0.15) is 5.82 Å². The van der Waals surface area contributed by atoms with Gasteiger partial charge in [0.25, 0.3) is 5.91 Å². The van der Waals surface area contributed by atoms with Crippen LogP contribution in [-0.2, 0) is 0 Å². The first-order valence-corrected chi connectivity index (χ1v) is 7.52. The van der Waals surface area contributed by atoms with Crippen LogP contribution in [0.5, 0.6) is 0 Å². The molecule has 0 saturated heterocycles. The third kappa shape index (κ3) is 3.17. The summed E-state index contributed by atoms with van der Waals surface area (Å²) in [6, 6.07) is 11.6. The number of aromatic nitrogens is 3. The Morgan fingerprint density at radius 2 is 1.67 bits per heavy atom. The second-order valence-corrected chi connectivity index (χ2v) is 5.74. The minimum atomic E-state index is -0.380. The number of amides is 1. The van der Waals surface area contributed by atoms with Gasteiger partial charge in [0.05, 0.1) is 11.4 Å². The molecule has 0 atom stereocenters. The van der Waals surface area contributed by atoms with E-state index in [2.05, 4.69) is 21.7 Å². The van der Waals surface area contributed by atoms with Gasteiger partial charge in [-0.25, -0.2) is 9.07 Å². The topological polar surface area (TPSA) is 59.8 Å². The molecule has 1 N–H and O–H groups in total. The van der Waals surface area contributed by atoms with Crippen LogP contribution in [-0.4, -0.2) is 20.9 Å². The van der Waals surface area contributed by atoms with Crippen LogP contribution >= 0.6 is 0 Å². The zero-order chi connectivity index (χ0) is 17.3. The van der Waals surface area contributed by atoms with Gasteiger partial charge in [0.15, 0.2) is 5.69 Å². The van der Waals surface area contributed by atoms with Gasteiger partial charge in [0, 0.05) is 5.69 Å². The Bertz CT molecular complexity index is 880. The number of hydrogen-bond acceptors (Lipinski definition) is 3. The minimum absolute atomic E-state index is 0.235. The number of carbonyl (C=O) groups is 1. The van der Waals surface area contributed by atoms with Gasteiger partial charge in [-0.05, 0) is 68.3 Å². The summed E-state index contributed by atoms with van der Waals surface area (Å²) < 4.78 is 14.6. The van der Waals surface area contributed by atoms with E-state index in [1.165, 1.54) is 24.3 Å². The quantitative estimate of drug-likeness (QED) is 0.801. The van der Waals surface area contributed by atoms with Crippen molar-refractivity contribution in [3.05, 3.63) is 70.8 Å². The molecule has 0 aliphatic rings. The lowest BCUT2D eigenvalue weighted by Gasteiger charge is -2.07. The molecule has 2 aromatic carbocycles. The molecule has 122 valence electrons. The van der Waals surface area contributed by atoms with Gasteiger partial charge < -0.3 is 5.32 Å². The monoisotopic (exact) mass is 324 g/mol. The molecular weight excluding hydrogens is 307 g/mol. The number of hydrogen-bond donors (Lipinski definition) is 1. The number of halogens is 1. The van der Waals surface area contributed by atoms with Crippen molar-refractivity contribution in [3.8, 4) is 5.69 Å². The molecule has 1 heterocycles. The number of nitrogens with zero attached hydrogens (tertiary/aromatic N) is 3. The molecule has 1 aromatic heterocycles. The Labute approximate surface area is 139 Å². The zero-order valence-corrected chi connectivity index (χ0v) is 13.7. The standard InChI is InChI=1S/C18H17FN4O/c1-11-8-12(2)10-16(9-11)23-13(3)17(21-22-23)18(24)20-15-6-4-14(19)5-7-15/h4-10H,1-3H3,(H,20,24). The number of rotatable bonds is 3. The van der Waals surface area contributed by atoms with E-state index in [-0.39, 0.29) is 17.4 Å². The Kier molecular flexibility index (Phi) is 4.12. The first-order valence-electron chi connectivity index (χ1n) is 7.52. The summed E-state index contributed by atoms with van der Waals surface area (Å²) in [5, 5.41) is 10.8. The number of nitrogens with one attached hydrogen (secondary N) is 1. The molecular formula is C18H17FN4O. The number of anilines is 1. The lowest BCUT2D eigenvalue weighted by molar-refractivity contribution is 0.102. The predicted octanol–water partition coefficient (Wildman–Crippen LogP) is 3.58. The van der Waals surface area contributed by atoms with E-state index >= 15 is 0 Å². The summed E-state index contributed by atoms with van der Waals surface area (Å²) in [5.41, 5.74) is 4.45. The highest BCUT2D eigenvalue weighted by molar-refractivity contribution is 6.03. The van der Waals surface area contributed by atoms with Gasteiger partial charge in [-0.15, -0.1) is 5.10 Å². The highest BCUT2D eigenvalue weighted by Gasteiger charge is 2.17. The van der Waals surface area contributed by atoms with Crippen molar-refractivity contribution in [2.75, 3.05) is 5.32 Å². The highest BCUT2D eigenvalue weighted by Crippen LogP contribution is 2.17. The number of carbonyl (C=O) groups excluding carboxylic acids is 1. The Hall–Kier alpha value is -3.02. The van der Waals surface area contributed by atoms with Crippen molar-refractivity contribution in [3.63, 3.8) is 0 Å². The van der Waals surface area contributed by atoms with Gasteiger partial charge in [0.2, 0.25) is 0 Å². The maximum atomic E-state index is 12.9. The Balaban J connectivity index is 1.89. The molecule has 0 unspecified atom stereocenters. The molecule has 0 aliphatic carbocycles. The van der Waals surface area contributed by atoms with E-state index in [4.69, 9.17) is 0 Å². The van der Waals surface area contributed by atoms with E-state index in [1.807, 2.05) is 26.0 Å². The molecule has 0 radical (unpaired) electrons. The average molecular weight is 324 g/mol. The molecule has 1 amide bonds. The molecule has 0 saturated carbocycles. The van der Waals surface area contributed by atoms with Gasteiger partial charge in [-0.2, -0.15) is 0 Å². The normalized spacial score (nSPS) is 10.7. The molecule has 3 rings (SSSR count). The van der Waals surface area contributed by atoms with E-state index in [1.54, 1.807) is 11.6 Å². The van der Waals surface area contributed by atoms with Crippen LogP contribution in [0.15, 0.2) is 42.5 Å². The maximum absolute atomic E-state index is 12.9. The summed E-state index contributed by atoms with van der Waals surface area (Å²) in [6.45, 7) is 5.80. The summed E-state index contributed by atoms with van der Waals surface area (Å²) in [7, 11) is 0. The molecule has 0 bridgehead atoms. The largest absolute Gasteiger partial charge is 0.321 e. The van der Waals surface area contributed by atoms with Crippen LogP contribution in [0.25, 0.3) is 5.69 Å². The molecule has 0 spiro atoms. The lowest BCUT2D eigenvalue weighted by Crippen LogP contribution is -2.14. The Morgan fingerprint density at radius 3 is 2.29 bits per heavy atom. The van der Waals surface area contributed by atoms with Crippen molar-refractivity contribution >= 4 is 11.6 Å². The predicted molar refractivity (Wildman–Crippen MR) is 89.9 cm³/mol. The third-order valence-corrected chi connectivity index (χ3v) is 3.66. The first-order chi connectivity index (χ1) is 11.4. The summed E-state index contributed by atoms with van der Waals surface area (Å²) in [5.74, 6) is -0.736. The van der Waals surface area contributed by atoms with E-state index in [0.29, 0.717) is 11.4 Å². The van der Waals surface area contributed by atoms with Crippen LogP contribution in [0, 0.1) is 26.6 Å². The molecule has 5 nitrogen and oxygen atoms in total. The van der Waals surface area contributed by atoms with Crippen LogP contribution in [0.4, 0.5) is 10.1 Å².